The van der Waals surface area contributed by atoms with E-state index in [4.69, 9.17) is 4.74 Å². The molecule has 160 valence electrons. The Balaban J connectivity index is 1.80. The maximum atomic E-state index is 12.9. The summed E-state index contributed by atoms with van der Waals surface area (Å²) >= 11 is 0. The number of halogens is 3. The van der Waals surface area contributed by atoms with Crippen LogP contribution in [-0.2, 0) is 22.3 Å². The van der Waals surface area contributed by atoms with Gasteiger partial charge in [-0.25, -0.2) is 0 Å². The number of carbonyl (C=O) groups is 2. The Labute approximate surface area is 172 Å². The predicted molar refractivity (Wildman–Crippen MR) is 106 cm³/mol. The molecule has 0 unspecified atom stereocenters. The van der Waals surface area contributed by atoms with Gasteiger partial charge in [0.15, 0.2) is 0 Å². The quantitative estimate of drug-likeness (QED) is 0.776. The van der Waals surface area contributed by atoms with E-state index in [1.807, 2.05) is 4.90 Å². The average molecular weight is 421 g/mol. The summed E-state index contributed by atoms with van der Waals surface area (Å²) in [6.45, 7) is 3.53. The number of ether oxygens (including phenoxy) is 1. The van der Waals surface area contributed by atoms with Crippen molar-refractivity contribution in [2.24, 2.45) is 0 Å². The number of hydrogen-bond donors (Lipinski definition) is 2. The molecule has 0 aliphatic carbocycles. The number of carbonyl (C=O) groups excluding carboxylic acids is 2. The number of morpholine rings is 1. The molecule has 2 aromatic rings. The highest BCUT2D eigenvalue weighted by Crippen LogP contribution is 2.30. The fourth-order valence-electron chi connectivity index (χ4n) is 3.21. The van der Waals surface area contributed by atoms with Gasteiger partial charge in [-0.1, -0.05) is 12.1 Å². The van der Waals surface area contributed by atoms with Gasteiger partial charge in [-0.2, -0.15) is 13.2 Å². The minimum Gasteiger partial charge on any atom is -0.378 e. The lowest BCUT2D eigenvalue weighted by Gasteiger charge is -2.30. The van der Waals surface area contributed by atoms with E-state index in [2.05, 4.69) is 10.6 Å². The van der Waals surface area contributed by atoms with Crippen molar-refractivity contribution in [2.45, 2.75) is 19.6 Å². The molecular weight excluding hydrogens is 399 g/mol. The van der Waals surface area contributed by atoms with Crippen LogP contribution in [0.4, 0.5) is 24.5 Å². The van der Waals surface area contributed by atoms with Crippen LogP contribution < -0.4 is 15.5 Å². The maximum Gasteiger partial charge on any atom is 0.416 e. The summed E-state index contributed by atoms with van der Waals surface area (Å²) in [7, 11) is 0. The number of amides is 2. The molecule has 1 aliphatic heterocycles. The average Bonchev–Trinajstić information content (AvgIpc) is 2.72. The van der Waals surface area contributed by atoms with Crippen molar-refractivity contribution in [1.82, 2.24) is 5.32 Å². The Bertz CT molecular complexity index is 925. The molecule has 0 atom stereocenters. The molecule has 1 heterocycles. The fourth-order valence-corrected chi connectivity index (χ4v) is 3.21. The first-order valence-electron chi connectivity index (χ1n) is 9.43. The van der Waals surface area contributed by atoms with Gasteiger partial charge in [0.1, 0.15) is 0 Å². The zero-order valence-corrected chi connectivity index (χ0v) is 16.4. The van der Waals surface area contributed by atoms with Crippen LogP contribution in [0.2, 0.25) is 0 Å². The van der Waals surface area contributed by atoms with Crippen molar-refractivity contribution in [3.05, 3.63) is 59.2 Å². The van der Waals surface area contributed by atoms with E-state index in [1.54, 1.807) is 18.2 Å². The molecule has 1 fully saturated rings. The van der Waals surface area contributed by atoms with Crippen LogP contribution in [-0.4, -0.2) is 38.1 Å². The highest BCUT2D eigenvalue weighted by molar-refractivity contribution is 6.01. The van der Waals surface area contributed by atoms with Crippen LogP contribution in [0.1, 0.15) is 28.4 Å². The summed E-state index contributed by atoms with van der Waals surface area (Å²) < 4.78 is 44.0. The van der Waals surface area contributed by atoms with Crippen molar-refractivity contribution in [1.29, 1.82) is 0 Å². The lowest BCUT2D eigenvalue weighted by atomic mass is 10.1. The molecule has 1 aliphatic rings. The number of benzene rings is 2. The molecule has 2 aromatic carbocycles. The second kappa shape index (κ2) is 9.17. The van der Waals surface area contributed by atoms with Gasteiger partial charge in [0.05, 0.1) is 30.0 Å². The molecule has 0 spiro atoms. The minimum absolute atomic E-state index is 0.0429. The summed E-state index contributed by atoms with van der Waals surface area (Å²) in [5.74, 6) is -0.645. The fraction of sp³-hybridized carbons (Fsp3) is 0.333. The molecule has 9 heteroatoms. The Kier molecular flexibility index (Phi) is 6.61. The number of anilines is 2. The topological polar surface area (TPSA) is 70.7 Å². The number of nitrogens with zero attached hydrogens (tertiary/aromatic N) is 1. The molecule has 0 saturated carbocycles. The summed E-state index contributed by atoms with van der Waals surface area (Å²) in [6, 6.07) is 9.77. The number of rotatable bonds is 5. The Morgan fingerprint density at radius 3 is 2.50 bits per heavy atom. The van der Waals surface area contributed by atoms with Gasteiger partial charge >= 0.3 is 6.18 Å². The van der Waals surface area contributed by atoms with Crippen molar-refractivity contribution >= 4 is 23.2 Å². The molecule has 0 radical (unpaired) electrons. The first kappa shape index (κ1) is 21.6. The van der Waals surface area contributed by atoms with E-state index in [-0.39, 0.29) is 12.5 Å². The second-order valence-corrected chi connectivity index (χ2v) is 6.89. The van der Waals surface area contributed by atoms with E-state index < -0.39 is 17.6 Å². The lowest BCUT2D eigenvalue weighted by Crippen LogP contribution is -2.38. The lowest BCUT2D eigenvalue weighted by molar-refractivity contribution is -0.137. The van der Waals surface area contributed by atoms with Crippen LogP contribution in [0.5, 0.6) is 0 Å². The third kappa shape index (κ3) is 5.50. The molecule has 3 rings (SSSR count). The predicted octanol–water partition coefficient (Wildman–Crippen LogP) is 3.43. The maximum absolute atomic E-state index is 12.9. The Morgan fingerprint density at radius 1 is 1.10 bits per heavy atom. The molecule has 2 N–H and O–H groups in total. The third-order valence-electron chi connectivity index (χ3n) is 4.62. The first-order valence-corrected chi connectivity index (χ1v) is 9.43. The normalized spacial score (nSPS) is 14.3. The SMILES string of the molecule is CC(=O)Nc1ccc(C(=O)NCc2cccc(C(F)(F)F)c2)c(N2CCOCC2)c1. The smallest absolute Gasteiger partial charge is 0.378 e. The minimum atomic E-state index is -4.44. The summed E-state index contributed by atoms with van der Waals surface area (Å²) in [4.78, 5) is 26.2. The van der Waals surface area contributed by atoms with Gasteiger partial charge in [0.2, 0.25) is 5.91 Å². The Hall–Kier alpha value is -3.07. The van der Waals surface area contributed by atoms with Crippen LogP contribution in [0, 0.1) is 0 Å². The highest BCUT2D eigenvalue weighted by atomic mass is 19.4. The van der Waals surface area contributed by atoms with Gasteiger partial charge in [-0.3, -0.25) is 9.59 Å². The van der Waals surface area contributed by atoms with Gasteiger partial charge < -0.3 is 20.3 Å². The monoisotopic (exact) mass is 421 g/mol. The summed E-state index contributed by atoms with van der Waals surface area (Å²) in [5.41, 5.74) is 1.14. The summed E-state index contributed by atoms with van der Waals surface area (Å²) in [5, 5.41) is 5.38. The van der Waals surface area contributed by atoms with Crippen LogP contribution in [0.25, 0.3) is 0 Å². The van der Waals surface area contributed by atoms with Crippen molar-refractivity contribution in [2.75, 3.05) is 36.5 Å². The number of nitrogens with one attached hydrogen (secondary N) is 2. The van der Waals surface area contributed by atoms with E-state index in [0.29, 0.717) is 48.8 Å². The number of hydrogen-bond acceptors (Lipinski definition) is 4. The Morgan fingerprint density at radius 2 is 1.83 bits per heavy atom. The molecule has 6 nitrogen and oxygen atoms in total. The van der Waals surface area contributed by atoms with Gasteiger partial charge in [-0.15, -0.1) is 0 Å². The molecule has 0 bridgehead atoms. The van der Waals surface area contributed by atoms with Crippen molar-refractivity contribution in [3.8, 4) is 0 Å². The highest BCUT2D eigenvalue weighted by Gasteiger charge is 2.30. The van der Waals surface area contributed by atoms with E-state index in [1.165, 1.54) is 19.1 Å². The van der Waals surface area contributed by atoms with Crippen LogP contribution in [0.15, 0.2) is 42.5 Å². The van der Waals surface area contributed by atoms with Crippen LogP contribution in [0.3, 0.4) is 0 Å². The molecular formula is C21H22F3N3O3. The zero-order valence-electron chi connectivity index (χ0n) is 16.4. The third-order valence-corrected chi connectivity index (χ3v) is 4.62. The molecule has 2 amide bonds. The van der Waals surface area contributed by atoms with Crippen molar-refractivity contribution in [3.63, 3.8) is 0 Å². The van der Waals surface area contributed by atoms with Gasteiger partial charge in [0, 0.05) is 32.2 Å². The molecule has 1 saturated heterocycles. The summed E-state index contributed by atoms with van der Waals surface area (Å²) in [6.07, 6.45) is -4.44. The standard InChI is InChI=1S/C21H22F3N3O3/c1-14(28)26-17-5-6-18(19(12-17)27-7-9-30-10-8-27)20(29)25-13-15-3-2-4-16(11-15)21(22,23)24/h2-6,11-12H,7-10,13H2,1H3,(H,25,29)(H,26,28). The first-order chi connectivity index (χ1) is 14.2. The second-order valence-electron chi connectivity index (χ2n) is 6.89. The number of alkyl halides is 3. The van der Waals surface area contributed by atoms with Crippen molar-refractivity contribution < 1.29 is 27.5 Å². The largest absolute Gasteiger partial charge is 0.416 e. The van der Waals surface area contributed by atoms with Gasteiger partial charge in [-0.05, 0) is 35.9 Å². The molecule has 30 heavy (non-hydrogen) atoms. The molecule has 0 aromatic heterocycles. The van der Waals surface area contributed by atoms with E-state index in [9.17, 15) is 22.8 Å². The van der Waals surface area contributed by atoms with Gasteiger partial charge in [0.25, 0.3) is 5.91 Å². The van der Waals surface area contributed by atoms with E-state index >= 15 is 0 Å². The van der Waals surface area contributed by atoms with E-state index in [0.717, 1.165) is 12.1 Å². The van der Waals surface area contributed by atoms with Crippen LogP contribution >= 0.6 is 0 Å². The zero-order chi connectivity index (χ0) is 21.7.